The Bertz CT molecular complexity index is 1210. The molecule has 0 aromatic heterocycles. The number of nitrogens with zero attached hydrogens (tertiary/aromatic N) is 1. The van der Waals surface area contributed by atoms with E-state index in [9.17, 15) is 29.5 Å². The molecule has 0 spiro atoms. The zero-order valence-electron chi connectivity index (χ0n) is 24.2. The Balaban J connectivity index is 1.97. The number of ether oxygens (including phenoxy) is 3. The largest absolute Gasteiger partial charge is 0.497 e. The third-order valence-corrected chi connectivity index (χ3v) is 8.64. The van der Waals surface area contributed by atoms with Gasteiger partial charge in [0.15, 0.2) is 6.29 Å². The molecule has 42 heavy (non-hydrogen) atoms. The summed E-state index contributed by atoms with van der Waals surface area (Å²) < 4.78 is 43.7. The van der Waals surface area contributed by atoms with E-state index in [1.165, 1.54) is 33.2 Å². The Morgan fingerprint density at radius 2 is 1.69 bits per heavy atom. The van der Waals surface area contributed by atoms with Gasteiger partial charge in [0.25, 0.3) is 0 Å². The van der Waals surface area contributed by atoms with Crippen molar-refractivity contribution in [3.05, 3.63) is 60.2 Å². The lowest BCUT2D eigenvalue weighted by molar-refractivity contribution is -0.250. The number of hydrogen-bond acceptors (Lipinski definition) is 11. The maximum atomic E-state index is 14.7. The number of esters is 1. The Kier molecular flexibility index (Phi) is 11.9. The average molecular weight is 611 g/mol. The molecule has 7 atom stereocenters. The quantitative estimate of drug-likeness (QED) is 0.192. The van der Waals surface area contributed by atoms with Crippen LogP contribution < -0.4 is 14.6 Å². The molecule has 232 valence electrons. The van der Waals surface area contributed by atoms with Gasteiger partial charge < -0.3 is 39.4 Å². The molecule has 1 fully saturated rings. The van der Waals surface area contributed by atoms with Gasteiger partial charge in [0.05, 0.1) is 13.7 Å². The molecule has 1 aliphatic rings. The van der Waals surface area contributed by atoms with Crippen LogP contribution in [0.1, 0.15) is 26.3 Å². The van der Waals surface area contributed by atoms with Crippen LogP contribution >= 0.6 is 7.75 Å². The molecule has 1 saturated heterocycles. The van der Waals surface area contributed by atoms with Crippen LogP contribution in [0.15, 0.2) is 54.6 Å². The maximum absolute atomic E-state index is 14.7. The summed E-state index contributed by atoms with van der Waals surface area (Å²) in [7, 11) is -1.78. The molecule has 4 N–H and O–H groups in total. The van der Waals surface area contributed by atoms with Gasteiger partial charge in [-0.2, -0.15) is 4.67 Å². The van der Waals surface area contributed by atoms with E-state index in [-0.39, 0.29) is 12.4 Å². The summed E-state index contributed by atoms with van der Waals surface area (Å²) in [6.45, 7) is 3.85. The highest BCUT2D eigenvalue weighted by Gasteiger charge is 2.52. The number of rotatable bonds is 13. The van der Waals surface area contributed by atoms with E-state index >= 15 is 0 Å². The molecule has 2 aromatic carbocycles. The van der Waals surface area contributed by atoms with Crippen molar-refractivity contribution in [1.29, 1.82) is 0 Å². The molecule has 14 heteroatoms. The number of nitrogens with one attached hydrogen (secondary N) is 1. The number of methoxy groups -OCH3 is 1. The summed E-state index contributed by atoms with van der Waals surface area (Å²) in [6, 6.07) is 12.6. The number of amides is 1. The standard InChI is InChI=1S/C28H39N2O11P/c1-17(2)24(28(35)38-16-19-9-7-6-8-10-19)30(4)42(36,40-21-13-11-20(37-5)12-14-21)41-26-22(15-31)39-27(34)23(25(26)33)29-18(3)32/h6-14,17,22-27,31,33-34H,15-16H2,1-5H3,(H,29,32)/t22-,23-,24?,25-,26-,27+,42?/m1/s1. The van der Waals surface area contributed by atoms with Gasteiger partial charge in [0, 0.05) is 6.92 Å². The first kappa shape index (κ1) is 33.5. The number of aliphatic hydroxyl groups is 3. The van der Waals surface area contributed by atoms with Gasteiger partial charge in [-0.1, -0.05) is 44.2 Å². The third-order valence-electron chi connectivity index (χ3n) is 6.66. The topological polar surface area (TPSA) is 173 Å². The van der Waals surface area contributed by atoms with E-state index < -0.39 is 68.8 Å². The number of aliphatic hydroxyl groups excluding tert-OH is 3. The van der Waals surface area contributed by atoms with E-state index in [1.807, 2.05) is 6.07 Å². The summed E-state index contributed by atoms with van der Waals surface area (Å²) in [4.78, 5) is 25.1. The van der Waals surface area contributed by atoms with Crippen LogP contribution in [-0.2, 0) is 34.8 Å². The molecular formula is C28H39N2O11P. The molecule has 0 radical (unpaired) electrons. The molecule has 1 aliphatic heterocycles. The summed E-state index contributed by atoms with van der Waals surface area (Å²) in [6.07, 6.45) is -6.34. The van der Waals surface area contributed by atoms with Crippen LogP contribution in [0.2, 0.25) is 0 Å². The van der Waals surface area contributed by atoms with Crippen molar-refractivity contribution in [2.24, 2.45) is 5.92 Å². The highest BCUT2D eigenvalue weighted by Crippen LogP contribution is 2.55. The van der Waals surface area contributed by atoms with Crippen molar-refractivity contribution < 1.29 is 52.7 Å². The van der Waals surface area contributed by atoms with Gasteiger partial charge in [0.1, 0.15) is 48.5 Å². The zero-order chi connectivity index (χ0) is 31.0. The summed E-state index contributed by atoms with van der Waals surface area (Å²) in [5, 5.41) is 33.8. The second-order valence-electron chi connectivity index (χ2n) is 10.1. The van der Waals surface area contributed by atoms with Crippen LogP contribution in [0.5, 0.6) is 11.5 Å². The molecule has 13 nitrogen and oxygen atoms in total. The van der Waals surface area contributed by atoms with E-state index in [0.717, 1.165) is 10.2 Å². The first-order valence-electron chi connectivity index (χ1n) is 13.4. The molecule has 2 unspecified atom stereocenters. The monoisotopic (exact) mass is 610 g/mol. The maximum Gasteiger partial charge on any atom is 0.462 e. The molecule has 1 amide bonds. The van der Waals surface area contributed by atoms with Crippen LogP contribution in [-0.4, -0.2) is 89.3 Å². The van der Waals surface area contributed by atoms with Crippen LogP contribution in [0.25, 0.3) is 0 Å². The third kappa shape index (κ3) is 8.29. The van der Waals surface area contributed by atoms with Crippen LogP contribution in [0.3, 0.4) is 0 Å². The Morgan fingerprint density at radius 3 is 2.24 bits per heavy atom. The number of benzene rings is 2. The minimum absolute atomic E-state index is 0.0285. The Morgan fingerprint density at radius 1 is 1.07 bits per heavy atom. The fourth-order valence-electron chi connectivity index (χ4n) is 4.51. The normalized spacial score (nSPS) is 24.5. The highest BCUT2D eigenvalue weighted by atomic mass is 31.2. The first-order valence-corrected chi connectivity index (χ1v) is 14.8. The predicted molar refractivity (Wildman–Crippen MR) is 150 cm³/mol. The van der Waals surface area contributed by atoms with Crippen molar-refractivity contribution in [3.63, 3.8) is 0 Å². The molecule has 3 rings (SSSR count). The smallest absolute Gasteiger partial charge is 0.462 e. The fraction of sp³-hybridized carbons (Fsp3) is 0.500. The fourth-order valence-corrected chi connectivity index (χ4v) is 6.45. The Labute approximate surface area is 244 Å². The molecular weight excluding hydrogens is 571 g/mol. The lowest BCUT2D eigenvalue weighted by atomic mass is 9.97. The van der Waals surface area contributed by atoms with E-state index in [2.05, 4.69) is 5.32 Å². The van der Waals surface area contributed by atoms with Gasteiger partial charge in [-0.05, 0) is 42.8 Å². The number of hydrogen-bond donors (Lipinski definition) is 4. The lowest BCUT2D eigenvalue weighted by Gasteiger charge is -2.44. The molecule has 2 aromatic rings. The molecule has 1 heterocycles. The minimum Gasteiger partial charge on any atom is -0.497 e. The lowest BCUT2D eigenvalue weighted by Crippen LogP contribution is -2.64. The summed E-state index contributed by atoms with van der Waals surface area (Å²) >= 11 is 0. The van der Waals surface area contributed by atoms with Gasteiger partial charge in [-0.3, -0.25) is 14.1 Å². The van der Waals surface area contributed by atoms with Crippen molar-refractivity contribution in [3.8, 4) is 11.5 Å². The van der Waals surface area contributed by atoms with Gasteiger partial charge in [-0.15, -0.1) is 0 Å². The number of likely N-dealkylation sites (N-methyl/N-ethyl adjacent to an activating group) is 1. The van der Waals surface area contributed by atoms with E-state index in [1.54, 1.807) is 50.2 Å². The summed E-state index contributed by atoms with van der Waals surface area (Å²) in [5.41, 5.74) is 0.751. The van der Waals surface area contributed by atoms with Crippen molar-refractivity contribution in [1.82, 2.24) is 9.99 Å². The highest BCUT2D eigenvalue weighted by molar-refractivity contribution is 7.51. The van der Waals surface area contributed by atoms with E-state index in [0.29, 0.717) is 5.75 Å². The number of carbonyl (C=O) groups excluding carboxylic acids is 2. The minimum atomic E-state index is -4.61. The van der Waals surface area contributed by atoms with Gasteiger partial charge in [0.2, 0.25) is 5.91 Å². The van der Waals surface area contributed by atoms with Crippen LogP contribution in [0.4, 0.5) is 0 Å². The second-order valence-corrected chi connectivity index (χ2v) is 12.1. The van der Waals surface area contributed by atoms with Gasteiger partial charge >= 0.3 is 13.7 Å². The molecule has 0 aliphatic carbocycles. The van der Waals surface area contributed by atoms with E-state index in [4.69, 9.17) is 23.3 Å². The Hall–Kier alpha value is -3.03. The number of carbonyl (C=O) groups is 2. The average Bonchev–Trinajstić information content (AvgIpc) is 2.96. The SMILES string of the molecule is COc1ccc(OP(=O)(O[C@H]2[C@H](O)[C@@H](NC(C)=O)[C@@H](O)O[C@@H]2CO)N(C)C(C(=O)OCc2ccccc2)C(C)C)cc1. The second kappa shape index (κ2) is 14.9. The van der Waals surface area contributed by atoms with Crippen molar-refractivity contribution >= 4 is 19.6 Å². The van der Waals surface area contributed by atoms with Gasteiger partial charge in [-0.25, -0.2) is 4.57 Å². The predicted octanol–water partition coefficient (Wildman–Crippen LogP) is 1.84. The van der Waals surface area contributed by atoms with Crippen molar-refractivity contribution in [2.75, 3.05) is 20.8 Å². The molecule has 0 saturated carbocycles. The van der Waals surface area contributed by atoms with Crippen LogP contribution in [0, 0.1) is 5.92 Å². The first-order chi connectivity index (χ1) is 19.9. The molecule has 0 bridgehead atoms. The summed E-state index contributed by atoms with van der Waals surface area (Å²) in [5.74, 6) is -1.16. The van der Waals surface area contributed by atoms with Crippen molar-refractivity contribution in [2.45, 2.75) is 64.1 Å². The zero-order valence-corrected chi connectivity index (χ0v) is 25.0.